The highest BCUT2D eigenvalue weighted by Crippen LogP contribution is 2.43. The summed E-state index contributed by atoms with van der Waals surface area (Å²) in [7, 11) is 0. The van der Waals surface area contributed by atoms with Crippen molar-refractivity contribution in [2.75, 3.05) is 0 Å². The van der Waals surface area contributed by atoms with Crippen LogP contribution < -0.4 is 0 Å². The Morgan fingerprint density at radius 2 is 1.00 bits per heavy atom. The Bertz CT molecular complexity index is 3320. The summed E-state index contributed by atoms with van der Waals surface area (Å²) in [4.78, 5) is 3.69. The molecule has 2 heteroatoms. The molecule has 1 aromatic heterocycles. The van der Waals surface area contributed by atoms with Crippen molar-refractivity contribution in [3.8, 4) is 22.3 Å². The molecule has 0 spiro atoms. The van der Waals surface area contributed by atoms with Crippen LogP contribution in [0.2, 0.25) is 0 Å². The fourth-order valence-corrected chi connectivity index (χ4v) is 8.44. The number of nitrogens with zero attached hydrogens (tertiary/aromatic N) is 1. The molecule has 0 amide bonds. The number of fused-ring (bicyclic) bond motifs is 14. The molecule has 234 valence electrons. The molecule has 0 radical (unpaired) electrons. The van der Waals surface area contributed by atoms with Crippen molar-refractivity contribution in [3.05, 3.63) is 175 Å². The van der Waals surface area contributed by atoms with Crippen molar-refractivity contribution in [3.63, 3.8) is 0 Å². The Morgan fingerprint density at radius 1 is 0.353 bits per heavy atom. The number of rotatable bonds is 2. The van der Waals surface area contributed by atoms with E-state index in [-0.39, 0.29) is 0 Å². The Hall–Kier alpha value is -6.95. The van der Waals surface area contributed by atoms with E-state index < -0.39 is 0 Å². The summed E-state index contributed by atoms with van der Waals surface area (Å²) < 4.78 is 6.53. The standard InChI is InChI=1S/C49H27NO/c1-50-34-20-17-33-25-41(36-13-4-5-14-37(36)42(33)26-34)32-11-8-10-30(23-32)31-18-21-40-43(24-31)38-15-6-7-16-39(38)44-27-46-48(28-45(40)44)51-47-22-19-29-9-2-3-12-35(29)49(46)47/h2-28H. The highest BCUT2D eigenvalue weighted by atomic mass is 16.3. The van der Waals surface area contributed by atoms with Gasteiger partial charge in [-0.1, -0.05) is 121 Å². The topological polar surface area (TPSA) is 17.5 Å². The number of hydrogen-bond acceptors (Lipinski definition) is 1. The highest BCUT2D eigenvalue weighted by Gasteiger charge is 2.16. The van der Waals surface area contributed by atoms with Crippen LogP contribution in [0.15, 0.2) is 168 Å². The van der Waals surface area contributed by atoms with Gasteiger partial charge >= 0.3 is 0 Å². The van der Waals surface area contributed by atoms with Gasteiger partial charge in [0, 0.05) is 10.8 Å². The van der Waals surface area contributed by atoms with E-state index in [2.05, 4.69) is 157 Å². The molecule has 0 saturated carbocycles. The summed E-state index contributed by atoms with van der Waals surface area (Å²) in [5, 5.41) is 16.7. The third-order valence-electron chi connectivity index (χ3n) is 10.8. The van der Waals surface area contributed by atoms with Crippen LogP contribution in [0.3, 0.4) is 0 Å². The maximum absolute atomic E-state index is 7.54. The van der Waals surface area contributed by atoms with Crippen molar-refractivity contribution in [1.29, 1.82) is 0 Å². The molecule has 1 heterocycles. The minimum absolute atomic E-state index is 0.662. The summed E-state index contributed by atoms with van der Waals surface area (Å²) in [5.74, 6) is 0. The summed E-state index contributed by atoms with van der Waals surface area (Å²) in [6, 6.07) is 58.8. The molecule has 0 saturated heterocycles. The number of benzene rings is 10. The molecule has 0 bridgehead atoms. The van der Waals surface area contributed by atoms with Crippen LogP contribution >= 0.6 is 0 Å². The summed E-state index contributed by atoms with van der Waals surface area (Å²) >= 11 is 0. The maximum Gasteiger partial charge on any atom is 0.187 e. The van der Waals surface area contributed by atoms with Gasteiger partial charge in [0.1, 0.15) is 11.2 Å². The third-order valence-corrected chi connectivity index (χ3v) is 10.8. The van der Waals surface area contributed by atoms with E-state index in [4.69, 9.17) is 11.0 Å². The van der Waals surface area contributed by atoms with Gasteiger partial charge in [-0.25, -0.2) is 4.85 Å². The Kier molecular flexibility index (Phi) is 5.77. The van der Waals surface area contributed by atoms with Gasteiger partial charge < -0.3 is 4.42 Å². The van der Waals surface area contributed by atoms with Crippen molar-refractivity contribution >= 4 is 92.3 Å². The molecular formula is C49H27NO. The van der Waals surface area contributed by atoms with Gasteiger partial charge in [0.15, 0.2) is 5.69 Å². The average molecular weight is 646 g/mol. The first kappa shape index (κ1) is 27.9. The zero-order valence-corrected chi connectivity index (χ0v) is 27.4. The zero-order valence-electron chi connectivity index (χ0n) is 27.4. The predicted molar refractivity (Wildman–Crippen MR) is 216 cm³/mol. The minimum atomic E-state index is 0.662. The quantitative estimate of drug-likeness (QED) is 0.135. The van der Waals surface area contributed by atoms with E-state index in [1.807, 2.05) is 12.1 Å². The van der Waals surface area contributed by atoms with Crippen LogP contribution in [0.5, 0.6) is 0 Å². The highest BCUT2D eigenvalue weighted by molar-refractivity contribution is 6.30. The molecule has 2 nitrogen and oxygen atoms in total. The lowest BCUT2D eigenvalue weighted by Gasteiger charge is -2.14. The molecule has 11 rings (SSSR count). The van der Waals surface area contributed by atoms with Crippen LogP contribution in [-0.4, -0.2) is 0 Å². The summed E-state index contributed by atoms with van der Waals surface area (Å²) in [6.45, 7) is 7.54. The molecule has 0 N–H and O–H groups in total. The first-order valence-electron chi connectivity index (χ1n) is 17.3. The molecule has 0 aliphatic rings. The molecule has 11 aromatic rings. The molecule has 0 atom stereocenters. The van der Waals surface area contributed by atoms with E-state index in [1.54, 1.807) is 0 Å². The second-order valence-corrected chi connectivity index (χ2v) is 13.5. The van der Waals surface area contributed by atoms with E-state index >= 15 is 0 Å². The fraction of sp³-hybridized carbons (Fsp3) is 0. The Labute approximate surface area is 293 Å². The van der Waals surface area contributed by atoms with Gasteiger partial charge in [0.2, 0.25) is 0 Å². The molecular weight excluding hydrogens is 619 g/mol. The molecule has 0 fully saturated rings. The van der Waals surface area contributed by atoms with Crippen molar-refractivity contribution in [1.82, 2.24) is 0 Å². The molecule has 0 unspecified atom stereocenters. The monoisotopic (exact) mass is 645 g/mol. The molecule has 0 aliphatic heterocycles. The maximum atomic E-state index is 7.54. The van der Waals surface area contributed by atoms with Crippen LogP contribution in [0, 0.1) is 6.57 Å². The summed E-state index contributed by atoms with van der Waals surface area (Å²) in [6.07, 6.45) is 0. The molecule has 0 aliphatic carbocycles. The Balaban J connectivity index is 1.12. The van der Waals surface area contributed by atoms with Crippen LogP contribution in [0.1, 0.15) is 0 Å². The normalized spacial score (nSPS) is 11.9. The lowest BCUT2D eigenvalue weighted by atomic mass is 9.89. The van der Waals surface area contributed by atoms with Crippen LogP contribution in [-0.2, 0) is 0 Å². The van der Waals surface area contributed by atoms with E-state index in [9.17, 15) is 0 Å². The predicted octanol–water partition coefficient (Wildman–Crippen LogP) is 14.4. The minimum Gasteiger partial charge on any atom is -0.456 e. The van der Waals surface area contributed by atoms with Crippen LogP contribution in [0.4, 0.5) is 5.69 Å². The fourth-order valence-electron chi connectivity index (χ4n) is 8.44. The van der Waals surface area contributed by atoms with E-state index in [0.717, 1.165) is 32.7 Å². The average Bonchev–Trinajstić information content (AvgIpc) is 3.58. The largest absolute Gasteiger partial charge is 0.456 e. The number of hydrogen-bond donors (Lipinski definition) is 0. The second-order valence-electron chi connectivity index (χ2n) is 13.5. The van der Waals surface area contributed by atoms with Crippen molar-refractivity contribution in [2.45, 2.75) is 0 Å². The molecule has 10 aromatic carbocycles. The first-order chi connectivity index (χ1) is 25.2. The van der Waals surface area contributed by atoms with Crippen molar-refractivity contribution in [2.24, 2.45) is 0 Å². The van der Waals surface area contributed by atoms with E-state index in [1.165, 1.54) is 76.1 Å². The van der Waals surface area contributed by atoms with Crippen LogP contribution in [0.25, 0.3) is 114 Å². The number of furan rings is 1. The SMILES string of the molecule is [C-]#[N+]c1ccc2cc(-c3cccc(-c4ccc5c(c4)c4ccccc4c4cc6c(cc54)oc4ccc5ccccc5c46)c3)c3ccccc3c2c1. The van der Waals surface area contributed by atoms with Gasteiger partial charge in [-0.2, -0.15) is 0 Å². The first-order valence-corrected chi connectivity index (χ1v) is 17.3. The zero-order chi connectivity index (χ0) is 33.6. The Morgan fingerprint density at radius 3 is 1.82 bits per heavy atom. The van der Waals surface area contributed by atoms with E-state index in [0.29, 0.717) is 5.69 Å². The third kappa shape index (κ3) is 4.10. The van der Waals surface area contributed by atoms with Gasteiger partial charge in [-0.05, 0) is 129 Å². The van der Waals surface area contributed by atoms with Gasteiger partial charge in [0.05, 0.1) is 6.57 Å². The van der Waals surface area contributed by atoms with Gasteiger partial charge in [-0.3, -0.25) is 0 Å². The lowest BCUT2D eigenvalue weighted by molar-refractivity contribution is 0.670. The second kappa shape index (κ2) is 10.5. The lowest BCUT2D eigenvalue weighted by Crippen LogP contribution is -1.87. The van der Waals surface area contributed by atoms with Crippen molar-refractivity contribution < 1.29 is 4.42 Å². The molecule has 51 heavy (non-hydrogen) atoms. The summed E-state index contributed by atoms with van der Waals surface area (Å²) in [5.41, 5.74) is 7.20. The van der Waals surface area contributed by atoms with Gasteiger partial charge in [-0.15, -0.1) is 0 Å². The van der Waals surface area contributed by atoms with Gasteiger partial charge in [0.25, 0.3) is 0 Å². The smallest absolute Gasteiger partial charge is 0.187 e.